The van der Waals surface area contributed by atoms with Crippen LogP contribution in [0.2, 0.25) is 0 Å². The Labute approximate surface area is 142 Å². The second kappa shape index (κ2) is 7.20. The van der Waals surface area contributed by atoms with Crippen molar-refractivity contribution in [3.05, 3.63) is 23.9 Å². The van der Waals surface area contributed by atoms with E-state index < -0.39 is 23.6 Å². The van der Waals surface area contributed by atoms with Gasteiger partial charge in [-0.3, -0.25) is 9.69 Å². The molecule has 1 fully saturated rings. The van der Waals surface area contributed by atoms with Gasteiger partial charge in [0.15, 0.2) is 0 Å². The Balaban J connectivity index is 2.29. The van der Waals surface area contributed by atoms with Crippen molar-refractivity contribution in [1.82, 2.24) is 4.98 Å². The number of hydrogen-bond acceptors (Lipinski definition) is 4. The number of hydrogen-bond donors (Lipinski definition) is 1. The minimum absolute atomic E-state index is 0.218. The molecule has 6 nitrogen and oxygen atoms in total. The number of aliphatic carboxylic acids is 1. The summed E-state index contributed by atoms with van der Waals surface area (Å²) in [6.07, 6.45) is 3.81. The van der Waals surface area contributed by atoms with Gasteiger partial charge in [0.1, 0.15) is 11.4 Å². The van der Waals surface area contributed by atoms with E-state index in [0.29, 0.717) is 18.7 Å². The SMILES string of the molecule is Cc1ccc(N(C(=O)OC(C)(C)C)[C@@H]2CCC[C@H](C(=O)O)C2)nc1. The Bertz CT molecular complexity index is 592. The van der Waals surface area contributed by atoms with Crippen LogP contribution in [-0.4, -0.2) is 33.8 Å². The number of carbonyl (C=O) groups is 2. The van der Waals surface area contributed by atoms with E-state index in [9.17, 15) is 14.7 Å². The van der Waals surface area contributed by atoms with Gasteiger partial charge in [-0.1, -0.05) is 12.5 Å². The molecule has 2 rings (SSSR count). The number of pyridine rings is 1. The molecule has 1 aromatic rings. The van der Waals surface area contributed by atoms with Crippen molar-refractivity contribution in [1.29, 1.82) is 0 Å². The number of rotatable bonds is 3. The van der Waals surface area contributed by atoms with Crippen molar-refractivity contribution >= 4 is 17.9 Å². The smallest absolute Gasteiger partial charge is 0.416 e. The zero-order valence-electron chi connectivity index (χ0n) is 14.8. The molecule has 1 aromatic heterocycles. The molecule has 24 heavy (non-hydrogen) atoms. The second-order valence-electron chi connectivity index (χ2n) is 7.40. The van der Waals surface area contributed by atoms with E-state index >= 15 is 0 Å². The number of carboxylic acids is 1. The van der Waals surface area contributed by atoms with E-state index in [0.717, 1.165) is 18.4 Å². The van der Waals surface area contributed by atoms with Crippen LogP contribution in [0.4, 0.5) is 10.6 Å². The summed E-state index contributed by atoms with van der Waals surface area (Å²) in [5, 5.41) is 9.32. The molecule has 6 heteroatoms. The predicted octanol–water partition coefficient (Wildman–Crippen LogP) is 3.77. The molecular formula is C18H26N2O4. The molecule has 2 atom stereocenters. The summed E-state index contributed by atoms with van der Waals surface area (Å²) in [7, 11) is 0. The number of amides is 1. The summed E-state index contributed by atoms with van der Waals surface area (Å²) in [5.74, 6) is -0.731. The molecular weight excluding hydrogens is 308 g/mol. The fraction of sp³-hybridized carbons (Fsp3) is 0.611. The molecule has 0 radical (unpaired) electrons. The summed E-state index contributed by atoms with van der Waals surface area (Å²) in [6.45, 7) is 7.36. The van der Waals surface area contributed by atoms with Gasteiger partial charge in [0, 0.05) is 12.2 Å². The lowest BCUT2D eigenvalue weighted by atomic mass is 9.85. The van der Waals surface area contributed by atoms with Gasteiger partial charge in [-0.05, 0) is 58.6 Å². The topological polar surface area (TPSA) is 79.7 Å². The van der Waals surface area contributed by atoms with Gasteiger partial charge < -0.3 is 9.84 Å². The van der Waals surface area contributed by atoms with E-state index in [1.807, 2.05) is 33.8 Å². The summed E-state index contributed by atoms with van der Waals surface area (Å²) in [5.41, 5.74) is 0.371. The second-order valence-corrected chi connectivity index (χ2v) is 7.40. The highest BCUT2D eigenvalue weighted by Gasteiger charge is 2.36. The molecule has 0 unspecified atom stereocenters. The van der Waals surface area contributed by atoms with Crippen LogP contribution in [-0.2, 0) is 9.53 Å². The molecule has 1 aliphatic rings. The average Bonchev–Trinajstić information content (AvgIpc) is 2.48. The number of carboxylic acid groups (broad SMARTS) is 1. The first-order valence-corrected chi connectivity index (χ1v) is 8.35. The van der Waals surface area contributed by atoms with E-state index in [1.54, 1.807) is 12.3 Å². The Kier molecular flexibility index (Phi) is 5.47. The lowest BCUT2D eigenvalue weighted by Gasteiger charge is -2.36. The molecule has 132 valence electrons. The van der Waals surface area contributed by atoms with Crippen molar-refractivity contribution in [3.8, 4) is 0 Å². The molecule has 1 saturated carbocycles. The van der Waals surface area contributed by atoms with Crippen LogP contribution >= 0.6 is 0 Å². The van der Waals surface area contributed by atoms with Gasteiger partial charge >= 0.3 is 12.1 Å². The number of aryl methyl sites for hydroxylation is 1. The normalized spacial score (nSPS) is 21.2. The number of ether oxygens (including phenoxy) is 1. The first kappa shape index (κ1) is 18.2. The van der Waals surface area contributed by atoms with Crippen LogP contribution in [0.25, 0.3) is 0 Å². The minimum Gasteiger partial charge on any atom is -0.481 e. The molecule has 0 spiro atoms. The van der Waals surface area contributed by atoms with Crippen molar-refractivity contribution < 1.29 is 19.4 Å². The van der Waals surface area contributed by atoms with Crippen LogP contribution in [0.3, 0.4) is 0 Å². The van der Waals surface area contributed by atoms with Crippen molar-refractivity contribution in [3.63, 3.8) is 0 Å². The van der Waals surface area contributed by atoms with E-state index in [4.69, 9.17) is 4.74 Å². The third-order valence-electron chi connectivity index (χ3n) is 4.09. The van der Waals surface area contributed by atoms with Gasteiger partial charge in [-0.15, -0.1) is 0 Å². The zero-order chi connectivity index (χ0) is 17.9. The fourth-order valence-electron chi connectivity index (χ4n) is 2.97. The van der Waals surface area contributed by atoms with E-state index in [1.165, 1.54) is 4.90 Å². The van der Waals surface area contributed by atoms with Crippen LogP contribution in [0.5, 0.6) is 0 Å². The Morgan fingerprint density at radius 1 is 1.29 bits per heavy atom. The molecule has 1 heterocycles. The Morgan fingerprint density at radius 2 is 2.00 bits per heavy atom. The van der Waals surface area contributed by atoms with Crippen molar-refractivity contribution in [2.45, 2.75) is 65.0 Å². The summed E-state index contributed by atoms with van der Waals surface area (Å²) in [4.78, 5) is 30.0. The number of anilines is 1. The fourth-order valence-corrected chi connectivity index (χ4v) is 2.97. The van der Waals surface area contributed by atoms with Crippen LogP contribution in [0.1, 0.15) is 52.0 Å². The maximum atomic E-state index is 12.7. The Morgan fingerprint density at radius 3 is 2.54 bits per heavy atom. The summed E-state index contributed by atoms with van der Waals surface area (Å²) in [6, 6.07) is 3.45. The van der Waals surface area contributed by atoms with E-state index in [2.05, 4.69) is 4.98 Å². The highest BCUT2D eigenvalue weighted by Crippen LogP contribution is 2.31. The first-order valence-electron chi connectivity index (χ1n) is 8.35. The van der Waals surface area contributed by atoms with Crippen molar-refractivity contribution in [2.75, 3.05) is 4.90 Å². The average molecular weight is 334 g/mol. The van der Waals surface area contributed by atoms with Crippen LogP contribution in [0.15, 0.2) is 18.3 Å². The lowest BCUT2D eigenvalue weighted by Crippen LogP contribution is -2.46. The lowest BCUT2D eigenvalue weighted by molar-refractivity contribution is -0.143. The van der Waals surface area contributed by atoms with Gasteiger partial charge in [-0.25, -0.2) is 9.78 Å². The monoisotopic (exact) mass is 334 g/mol. The van der Waals surface area contributed by atoms with Crippen molar-refractivity contribution in [2.24, 2.45) is 5.92 Å². The van der Waals surface area contributed by atoms with Gasteiger partial charge in [0.2, 0.25) is 0 Å². The highest BCUT2D eigenvalue weighted by molar-refractivity contribution is 5.87. The molecule has 1 N–H and O–H groups in total. The maximum Gasteiger partial charge on any atom is 0.416 e. The highest BCUT2D eigenvalue weighted by atomic mass is 16.6. The summed E-state index contributed by atoms with van der Waals surface area (Å²) < 4.78 is 5.53. The van der Waals surface area contributed by atoms with Gasteiger partial charge in [0.05, 0.1) is 5.92 Å². The third kappa shape index (κ3) is 4.69. The molecule has 1 aliphatic carbocycles. The molecule has 0 saturated heterocycles. The predicted molar refractivity (Wildman–Crippen MR) is 91.1 cm³/mol. The largest absolute Gasteiger partial charge is 0.481 e. The third-order valence-corrected chi connectivity index (χ3v) is 4.09. The molecule has 0 bridgehead atoms. The number of nitrogens with zero attached hydrogens (tertiary/aromatic N) is 2. The first-order chi connectivity index (χ1) is 11.2. The Hall–Kier alpha value is -2.11. The maximum absolute atomic E-state index is 12.7. The molecule has 0 aliphatic heterocycles. The summed E-state index contributed by atoms with van der Waals surface area (Å²) >= 11 is 0. The molecule has 0 aromatic carbocycles. The van der Waals surface area contributed by atoms with Gasteiger partial charge in [-0.2, -0.15) is 0 Å². The van der Waals surface area contributed by atoms with Gasteiger partial charge in [0.25, 0.3) is 0 Å². The van der Waals surface area contributed by atoms with Crippen LogP contribution in [0, 0.1) is 12.8 Å². The zero-order valence-corrected chi connectivity index (χ0v) is 14.8. The molecule has 1 amide bonds. The van der Waals surface area contributed by atoms with Crippen LogP contribution < -0.4 is 4.90 Å². The quantitative estimate of drug-likeness (QED) is 0.910. The number of aromatic nitrogens is 1. The minimum atomic E-state index is -0.805. The van der Waals surface area contributed by atoms with E-state index in [-0.39, 0.29) is 6.04 Å². The number of carbonyl (C=O) groups excluding carboxylic acids is 1. The standard InChI is InChI=1S/C18H26N2O4/c1-12-8-9-15(19-11-12)20(17(23)24-18(2,3)4)14-7-5-6-13(10-14)16(21)22/h8-9,11,13-14H,5-7,10H2,1-4H3,(H,21,22)/t13-,14+/m0/s1.